The molecule has 104 valence electrons. The third-order valence-electron chi connectivity index (χ3n) is 3.61. The predicted octanol–water partition coefficient (Wildman–Crippen LogP) is 0.761. The number of ether oxygens (including phenoxy) is 1. The summed E-state index contributed by atoms with van der Waals surface area (Å²) in [4.78, 5) is 20.4. The highest BCUT2D eigenvalue weighted by Gasteiger charge is 2.25. The van der Waals surface area contributed by atoms with Crippen molar-refractivity contribution in [1.82, 2.24) is 14.8 Å². The molecule has 5 heteroatoms. The van der Waals surface area contributed by atoms with Crippen LogP contribution >= 0.6 is 0 Å². The second-order valence-electron chi connectivity index (χ2n) is 4.83. The molecule has 1 aromatic heterocycles. The molecular formula is C14H21N3O2. The topological polar surface area (TPSA) is 45.7 Å². The number of hydrogen-bond acceptors (Lipinski definition) is 5. The van der Waals surface area contributed by atoms with Crippen molar-refractivity contribution in [3.05, 3.63) is 30.1 Å². The van der Waals surface area contributed by atoms with E-state index in [2.05, 4.69) is 14.8 Å². The van der Waals surface area contributed by atoms with Crippen LogP contribution in [0.2, 0.25) is 0 Å². The Bertz CT molecular complexity index is 402. The van der Waals surface area contributed by atoms with Crippen LogP contribution in [0.5, 0.6) is 0 Å². The lowest BCUT2D eigenvalue weighted by Gasteiger charge is -2.36. The molecule has 1 aliphatic heterocycles. The lowest BCUT2D eigenvalue weighted by Crippen LogP contribution is -2.51. The summed E-state index contributed by atoms with van der Waals surface area (Å²) in [7, 11) is 1.44. The standard InChI is InChI=1S/C14H21N3O2/c1-12(14(18)19-2)17-9-7-16(8-10-17)11-13-5-3-4-6-15-13/h3-6,12H,7-11H2,1-2H3/t12-/m1/s1. The molecule has 0 saturated carbocycles. The summed E-state index contributed by atoms with van der Waals surface area (Å²) >= 11 is 0. The number of methoxy groups -OCH3 is 1. The van der Waals surface area contributed by atoms with Gasteiger partial charge < -0.3 is 4.74 Å². The highest BCUT2D eigenvalue weighted by atomic mass is 16.5. The minimum absolute atomic E-state index is 0.151. The Morgan fingerprint density at radius 1 is 1.37 bits per heavy atom. The van der Waals surface area contributed by atoms with E-state index in [4.69, 9.17) is 4.74 Å². The van der Waals surface area contributed by atoms with Crippen molar-refractivity contribution >= 4 is 5.97 Å². The first kappa shape index (κ1) is 14.0. The SMILES string of the molecule is COC(=O)[C@@H](C)N1CCN(Cc2ccccn2)CC1. The lowest BCUT2D eigenvalue weighted by atomic mass is 10.2. The minimum atomic E-state index is -0.154. The molecule has 0 unspecified atom stereocenters. The zero-order valence-electron chi connectivity index (χ0n) is 11.6. The maximum Gasteiger partial charge on any atom is 0.322 e. The summed E-state index contributed by atoms with van der Waals surface area (Å²) in [5.41, 5.74) is 1.09. The van der Waals surface area contributed by atoms with E-state index in [1.54, 1.807) is 0 Å². The van der Waals surface area contributed by atoms with E-state index < -0.39 is 0 Å². The van der Waals surface area contributed by atoms with Gasteiger partial charge in [-0.25, -0.2) is 0 Å². The lowest BCUT2D eigenvalue weighted by molar-refractivity contribution is -0.147. The first-order valence-corrected chi connectivity index (χ1v) is 6.65. The number of aromatic nitrogens is 1. The van der Waals surface area contributed by atoms with Gasteiger partial charge >= 0.3 is 5.97 Å². The second kappa shape index (κ2) is 6.63. The highest BCUT2D eigenvalue weighted by Crippen LogP contribution is 2.10. The normalized spacial score (nSPS) is 19.1. The predicted molar refractivity (Wildman–Crippen MR) is 72.6 cm³/mol. The second-order valence-corrected chi connectivity index (χ2v) is 4.83. The summed E-state index contributed by atoms with van der Waals surface area (Å²) in [6.45, 7) is 6.48. The van der Waals surface area contributed by atoms with Crippen molar-refractivity contribution in [1.29, 1.82) is 0 Å². The number of hydrogen-bond donors (Lipinski definition) is 0. The molecule has 1 aliphatic rings. The number of rotatable bonds is 4. The molecule has 1 atom stereocenters. The molecular weight excluding hydrogens is 242 g/mol. The van der Waals surface area contributed by atoms with Gasteiger partial charge in [-0.2, -0.15) is 0 Å². The van der Waals surface area contributed by atoms with Gasteiger partial charge in [0.2, 0.25) is 0 Å². The van der Waals surface area contributed by atoms with Crippen molar-refractivity contribution < 1.29 is 9.53 Å². The Morgan fingerprint density at radius 2 is 2.11 bits per heavy atom. The fraction of sp³-hybridized carbons (Fsp3) is 0.571. The van der Waals surface area contributed by atoms with Crippen LogP contribution in [-0.4, -0.2) is 60.1 Å². The van der Waals surface area contributed by atoms with Crippen LogP contribution in [0.3, 0.4) is 0 Å². The Labute approximate surface area is 114 Å². The van der Waals surface area contributed by atoms with Gasteiger partial charge in [-0.3, -0.25) is 19.6 Å². The highest BCUT2D eigenvalue weighted by molar-refractivity contribution is 5.75. The van der Waals surface area contributed by atoms with Crippen LogP contribution in [0.25, 0.3) is 0 Å². The number of esters is 1. The third kappa shape index (κ3) is 3.75. The molecule has 0 radical (unpaired) electrons. The van der Waals surface area contributed by atoms with Gasteiger partial charge in [0.25, 0.3) is 0 Å². The first-order chi connectivity index (χ1) is 9.20. The summed E-state index contributed by atoms with van der Waals surface area (Å²) in [6, 6.07) is 5.84. The number of pyridine rings is 1. The summed E-state index contributed by atoms with van der Waals surface area (Å²) in [5.74, 6) is -0.154. The molecule has 1 fully saturated rings. The molecule has 2 heterocycles. The van der Waals surface area contributed by atoms with E-state index in [1.165, 1.54) is 7.11 Å². The van der Waals surface area contributed by atoms with Crippen LogP contribution in [0.15, 0.2) is 24.4 Å². The molecule has 0 aliphatic carbocycles. The van der Waals surface area contributed by atoms with E-state index in [0.29, 0.717) is 0 Å². The molecule has 0 bridgehead atoms. The zero-order valence-corrected chi connectivity index (χ0v) is 11.6. The van der Waals surface area contributed by atoms with Crippen LogP contribution < -0.4 is 0 Å². The quantitative estimate of drug-likeness (QED) is 0.751. The van der Waals surface area contributed by atoms with Gasteiger partial charge in [0.05, 0.1) is 12.8 Å². The molecule has 19 heavy (non-hydrogen) atoms. The van der Waals surface area contributed by atoms with Gasteiger partial charge in [0, 0.05) is 38.9 Å². The van der Waals surface area contributed by atoms with Gasteiger partial charge in [0.1, 0.15) is 6.04 Å². The first-order valence-electron chi connectivity index (χ1n) is 6.65. The number of carbonyl (C=O) groups excluding carboxylic acids is 1. The average Bonchev–Trinajstić information content (AvgIpc) is 2.47. The molecule has 0 N–H and O–H groups in total. The molecule has 0 spiro atoms. The minimum Gasteiger partial charge on any atom is -0.468 e. The third-order valence-corrected chi connectivity index (χ3v) is 3.61. The maximum absolute atomic E-state index is 11.5. The van der Waals surface area contributed by atoms with Crippen molar-refractivity contribution in [2.75, 3.05) is 33.3 Å². The van der Waals surface area contributed by atoms with Crippen LogP contribution in [0.1, 0.15) is 12.6 Å². The van der Waals surface area contributed by atoms with Crippen LogP contribution in [0, 0.1) is 0 Å². The zero-order chi connectivity index (χ0) is 13.7. The maximum atomic E-state index is 11.5. The Hall–Kier alpha value is -1.46. The number of piperazine rings is 1. The largest absolute Gasteiger partial charge is 0.468 e. The van der Waals surface area contributed by atoms with Crippen molar-refractivity contribution in [2.45, 2.75) is 19.5 Å². The van der Waals surface area contributed by atoms with Gasteiger partial charge in [-0.05, 0) is 19.1 Å². The molecule has 0 amide bonds. The molecule has 1 saturated heterocycles. The number of nitrogens with zero attached hydrogens (tertiary/aromatic N) is 3. The van der Waals surface area contributed by atoms with E-state index in [0.717, 1.165) is 38.4 Å². The molecule has 2 rings (SSSR count). The fourth-order valence-electron chi connectivity index (χ4n) is 2.35. The number of carbonyl (C=O) groups is 1. The molecule has 5 nitrogen and oxygen atoms in total. The van der Waals surface area contributed by atoms with Crippen LogP contribution in [0.4, 0.5) is 0 Å². The smallest absolute Gasteiger partial charge is 0.322 e. The van der Waals surface area contributed by atoms with Crippen molar-refractivity contribution in [2.24, 2.45) is 0 Å². The fourth-order valence-corrected chi connectivity index (χ4v) is 2.35. The Morgan fingerprint density at radius 3 is 2.68 bits per heavy atom. The van der Waals surface area contributed by atoms with Gasteiger partial charge in [-0.1, -0.05) is 6.07 Å². The Balaban J connectivity index is 1.81. The van der Waals surface area contributed by atoms with E-state index >= 15 is 0 Å². The van der Waals surface area contributed by atoms with E-state index in [1.807, 2.05) is 31.3 Å². The van der Waals surface area contributed by atoms with Gasteiger partial charge in [0.15, 0.2) is 0 Å². The van der Waals surface area contributed by atoms with Crippen LogP contribution in [-0.2, 0) is 16.1 Å². The van der Waals surface area contributed by atoms with Crippen molar-refractivity contribution in [3.63, 3.8) is 0 Å². The van der Waals surface area contributed by atoms with E-state index in [9.17, 15) is 4.79 Å². The van der Waals surface area contributed by atoms with Crippen molar-refractivity contribution in [3.8, 4) is 0 Å². The summed E-state index contributed by atoms with van der Waals surface area (Å²) < 4.78 is 4.78. The monoisotopic (exact) mass is 263 g/mol. The summed E-state index contributed by atoms with van der Waals surface area (Å²) in [5, 5.41) is 0. The molecule has 1 aromatic rings. The average molecular weight is 263 g/mol. The summed E-state index contributed by atoms with van der Waals surface area (Å²) in [6.07, 6.45) is 1.82. The van der Waals surface area contributed by atoms with E-state index in [-0.39, 0.29) is 12.0 Å². The molecule has 0 aromatic carbocycles. The Kier molecular flexibility index (Phi) is 4.87. The van der Waals surface area contributed by atoms with Gasteiger partial charge in [-0.15, -0.1) is 0 Å².